The molecule has 2 aliphatic rings. The minimum Gasteiger partial charge on any atom is -0.463 e. The first-order chi connectivity index (χ1) is 8.34. The summed E-state index contributed by atoms with van der Waals surface area (Å²) in [5.41, 5.74) is 0. The molecule has 0 radical (unpaired) electrons. The zero-order chi connectivity index (χ0) is 11.9. The average Bonchev–Trinajstić information content (AvgIpc) is 2.88. The number of piperidine rings is 1. The van der Waals surface area contributed by atoms with Crippen LogP contribution >= 0.6 is 0 Å². The number of rotatable bonds is 5. The SMILES string of the molecule is O=C(CCC1CCCNC1)OCC1CCCO1. The second-order valence-corrected chi connectivity index (χ2v) is 5.07. The van der Waals surface area contributed by atoms with Crippen molar-refractivity contribution in [3.63, 3.8) is 0 Å². The fraction of sp³-hybridized carbons (Fsp3) is 0.923. The molecule has 2 atom stereocenters. The number of ether oxygens (including phenoxy) is 2. The smallest absolute Gasteiger partial charge is 0.305 e. The molecule has 4 nitrogen and oxygen atoms in total. The van der Waals surface area contributed by atoms with E-state index in [1.54, 1.807) is 0 Å². The lowest BCUT2D eigenvalue weighted by molar-refractivity contribution is -0.147. The van der Waals surface area contributed by atoms with Crippen molar-refractivity contribution in [2.24, 2.45) is 5.92 Å². The molecule has 2 saturated heterocycles. The van der Waals surface area contributed by atoms with Crippen LogP contribution in [-0.4, -0.2) is 38.4 Å². The van der Waals surface area contributed by atoms with Gasteiger partial charge in [-0.15, -0.1) is 0 Å². The zero-order valence-electron chi connectivity index (χ0n) is 10.5. The van der Waals surface area contributed by atoms with E-state index >= 15 is 0 Å². The van der Waals surface area contributed by atoms with Crippen LogP contribution in [0.2, 0.25) is 0 Å². The van der Waals surface area contributed by atoms with Crippen molar-refractivity contribution in [3.8, 4) is 0 Å². The van der Waals surface area contributed by atoms with Crippen LogP contribution in [0.3, 0.4) is 0 Å². The van der Waals surface area contributed by atoms with Crippen molar-refractivity contribution in [3.05, 3.63) is 0 Å². The third-order valence-electron chi connectivity index (χ3n) is 3.61. The molecule has 2 fully saturated rings. The van der Waals surface area contributed by atoms with E-state index in [9.17, 15) is 4.79 Å². The summed E-state index contributed by atoms with van der Waals surface area (Å²) in [4.78, 5) is 11.5. The molecular formula is C13H23NO3. The number of nitrogens with one attached hydrogen (secondary N) is 1. The second kappa shape index (κ2) is 6.97. The maximum atomic E-state index is 11.5. The molecule has 98 valence electrons. The molecule has 0 saturated carbocycles. The Kier molecular flexibility index (Phi) is 5.26. The summed E-state index contributed by atoms with van der Waals surface area (Å²) in [6.45, 7) is 3.44. The van der Waals surface area contributed by atoms with E-state index < -0.39 is 0 Å². The van der Waals surface area contributed by atoms with Gasteiger partial charge in [-0.05, 0) is 51.1 Å². The van der Waals surface area contributed by atoms with Gasteiger partial charge in [-0.25, -0.2) is 0 Å². The molecule has 1 N–H and O–H groups in total. The fourth-order valence-corrected chi connectivity index (χ4v) is 2.53. The normalized spacial score (nSPS) is 29.2. The summed E-state index contributed by atoms with van der Waals surface area (Å²) in [5, 5.41) is 3.36. The van der Waals surface area contributed by atoms with Crippen LogP contribution in [0, 0.1) is 5.92 Å². The van der Waals surface area contributed by atoms with E-state index in [1.165, 1.54) is 12.8 Å². The number of hydrogen-bond acceptors (Lipinski definition) is 4. The van der Waals surface area contributed by atoms with Gasteiger partial charge in [0.2, 0.25) is 0 Å². The van der Waals surface area contributed by atoms with Crippen LogP contribution in [0.15, 0.2) is 0 Å². The van der Waals surface area contributed by atoms with Crippen LogP contribution in [0.1, 0.15) is 38.5 Å². The highest BCUT2D eigenvalue weighted by molar-refractivity contribution is 5.69. The Labute approximate surface area is 103 Å². The standard InChI is InChI=1S/C13H23NO3/c15-13(17-10-12-4-2-8-16-12)6-5-11-3-1-7-14-9-11/h11-12,14H,1-10H2. The number of hydrogen-bond donors (Lipinski definition) is 1. The molecule has 2 aliphatic heterocycles. The average molecular weight is 241 g/mol. The van der Waals surface area contributed by atoms with Gasteiger partial charge in [0.25, 0.3) is 0 Å². The summed E-state index contributed by atoms with van der Waals surface area (Å²) in [5.74, 6) is 0.588. The highest BCUT2D eigenvalue weighted by Gasteiger charge is 2.18. The van der Waals surface area contributed by atoms with Gasteiger partial charge in [0, 0.05) is 13.0 Å². The van der Waals surface area contributed by atoms with Gasteiger partial charge in [-0.2, -0.15) is 0 Å². The quantitative estimate of drug-likeness (QED) is 0.741. The van der Waals surface area contributed by atoms with E-state index in [4.69, 9.17) is 9.47 Å². The van der Waals surface area contributed by atoms with E-state index in [0.717, 1.165) is 39.0 Å². The van der Waals surface area contributed by atoms with E-state index in [0.29, 0.717) is 18.9 Å². The van der Waals surface area contributed by atoms with Gasteiger partial charge < -0.3 is 14.8 Å². The van der Waals surface area contributed by atoms with Crippen LogP contribution in [0.5, 0.6) is 0 Å². The van der Waals surface area contributed by atoms with Crippen molar-refractivity contribution in [2.75, 3.05) is 26.3 Å². The van der Waals surface area contributed by atoms with E-state index in [1.807, 2.05) is 0 Å². The summed E-state index contributed by atoms with van der Waals surface area (Å²) < 4.78 is 10.6. The predicted molar refractivity (Wildman–Crippen MR) is 64.8 cm³/mol. The number of esters is 1. The molecule has 0 spiro atoms. The van der Waals surface area contributed by atoms with Crippen LogP contribution < -0.4 is 5.32 Å². The Morgan fingerprint density at radius 2 is 2.29 bits per heavy atom. The molecule has 0 aliphatic carbocycles. The monoisotopic (exact) mass is 241 g/mol. The summed E-state index contributed by atoms with van der Waals surface area (Å²) in [6.07, 6.45) is 6.25. The zero-order valence-corrected chi connectivity index (χ0v) is 10.5. The molecule has 2 heterocycles. The number of carbonyl (C=O) groups is 1. The van der Waals surface area contributed by atoms with Crippen LogP contribution in [-0.2, 0) is 14.3 Å². The van der Waals surface area contributed by atoms with Gasteiger partial charge >= 0.3 is 5.97 Å². The molecule has 0 bridgehead atoms. The number of carbonyl (C=O) groups excluding carboxylic acids is 1. The Hall–Kier alpha value is -0.610. The predicted octanol–water partition coefficient (Wildman–Crippen LogP) is 1.49. The van der Waals surface area contributed by atoms with Gasteiger partial charge in [0.05, 0.1) is 6.10 Å². The summed E-state index contributed by atoms with van der Waals surface area (Å²) in [7, 11) is 0. The Bertz CT molecular complexity index is 233. The summed E-state index contributed by atoms with van der Waals surface area (Å²) >= 11 is 0. The molecule has 4 heteroatoms. The second-order valence-electron chi connectivity index (χ2n) is 5.07. The third-order valence-corrected chi connectivity index (χ3v) is 3.61. The molecule has 0 aromatic rings. The maximum absolute atomic E-state index is 11.5. The molecule has 0 aromatic heterocycles. The first kappa shape index (κ1) is 12.8. The molecular weight excluding hydrogens is 218 g/mol. The van der Waals surface area contributed by atoms with Crippen LogP contribution in [0.25, 0.3) is 0 Å². The largest absolute Gasteiger partial charge is 0.463 e. The lowest BCUT2D eigenvalue weighted by Gasteiger charge is -2.22. The third kappa shape index (κ3) is 4.64. The van der Waals surface area contributed by atoms with Gasteiger partial charge in [-0.3, -0.25) is 4.79 Å². The Balaban J connectivity index is 1.53. The van der Waals surface area contributed by atoms with Crippen molar-refractivity contribution >= 4 is 5.97 Å². The lowest BCUT2D eigenvalue weighted by Crippen LogP contribution is -2.30. The van der Waals surface area contributed by atoms with E-state index in [2.05, 4.69) is 5.32 Å². The molecule has 2 unspecified atom stereocenters. The highest BCUT2D eigenvalue weighted by Crippen LogP contribution is 2.17. The Morgan fingerprint density at radius 3 is 3.00 bits per heavy atom. The molecule has 2 rings (SSSR count). The molecule has 0 aromatic carbocycles. The minimum atomic E-state index is -0.0638. The first-order valence-corrected chi connectivity index (χ1v) is 6.82. The van der Waals surface area contributed by atoms with Crippen molar-refractivity contribution in [1.29, 1.82) is 0 Å². The molecule has 0 amide bonds. The van der Waals surface area contributed by atoms with Crippen LogP contribution in [0.4, 0.5) is 0 Å². The Morgan fingerprint density at radius 1 is 1.35 bits per heavy atom. The fourth-order valence-electron chi connectivity index (χ4n) is 2.53. The van der Waals surface area contributed by atoms with Gasteiger partial charge in [0.15, 0.2) is 0 Å². The summed E-state index contributed by atoms with van der Waals surface area (Å²) in [6, 6.07) is 0. The maximum Gasteiger partial charge on any atom is 0.305 e. The highest BCUT2D eigenvalue weighted by atomic mass is 16.6. The van der Waals surface area contributed by atoms with E-state index in [-0.39, 0.29) is 12.1 Å². The van der Waals surface area contributed by atoms with Crippen molar-refractivity contribution in [1.82, 2.24) is 5.32 Å². The van der Waals surface area contributed by atoms with Crippen molar-refractivity contribution in [2.45, 2.75) is 44.6 Å². The topological polar surface area (TPSA) is 47.6 Å². The van der Waals surface area contributed by atoms with Gasteiger partial charge in [0.1, 0.15) is 6.61 Å². The van der Waals surface area contributed by atoms with Crippen molar-refractivity contribution < 1.29 is 14.3 Å². The lowest BCUT2D eigenvalue weighted by atomic mass is 9.95. The van der Waals surface area contributed by atoms with Gasteiger partial charge in [-0.1, -0.05) is 0 Å². The minimum absolute atomic E-state index is 0.0638. The first-order valence-electron chi connectivity index (χ1n) is 6.82. The molecule has 17 heavy (non-hydrogen) atoms.